The minimum absolute atomic E-state index is 0.0777. The first-order chi connectivity index (χ1) is 14.1. The molecule has 1 N–H and O–H groups in total. The van der Waals surface area contributed by atoms with E-state index in [9.17, 15) is 4.79 Å². The van der Waals surface area contributed by atoms with Crippen LogP contribution in [-0.4, -0.2) is 32.2 Å². The van der Waals surface area contributed by atoms with Gasteiger partial charge >= 0.3 is 0 Å². The van der Waals surface area contributed by atoms with Crippen LogP contribution in [0.3, 0.4) is 0 Å². The smallest absolute Gasteiger partial charge is 0.254 e. The number of nitrogens with one attached hydrogen (secondary N) is 1. The highest BCUT2D eigenvalue weighted by Crippen LogP contribution is 2.43. The summed E-state index contributed by atoms with van der Waals surface area (Å²) in [7, 11) is 0. The summed E-state index contributed by atoms with van der Waals surface area (Å²) in [5.41, 5.74) is 3.23. The Morgan fingerprint density at radius 2 is 2.17 bits per heavy atom. The summed E-state index contributed by atoms with van der Waals surface area (Å²) in [4.78, 5) is 23.0. The molecule has 0 unspecified atom stereocenters. The molecule has 0 aliphatic heterocycles. The lowest BCUT2D eigenvalue weighted by molar-refractivity contribution is 0.0944. The molecule has 0 aromatic carbocycles. The molecule has 1 saturated carbocycles. The fourth-order valence-electron chi connectivity index (χ4n) is 4.48. The first-order valence-electron chi connectivity index (χ1n) is 9.99. The normalized spacial score (nSPS) is 22.3. The minimum atomic E-state index is -0.0777. The first-order valence-corrected chi connectivity index (χ1v) is 10.9. The van der Waals surface area contributed by atoms with Crippen LogP contribution in [0.25, 0.3) is 16.5 Å². The van der Waals surface area contributed by atoms with E-state index in [1.54, 1.807) is 28.4 Å². The highest BCUT2D eigenvalue weighted by atomic mass is 32.1. The van der Waals surface area contributed by atoms with Crippen molar-refractivity contribution in [3.05, 3.63) is 58.9 Å². The summed E-state index contributed by atoms with van der Waals surface area (Å²) in [6.07, 6.45) is 10.5. The molecule has 1 fully saturated rings. The number of carbonyl (C=O) groups excluding carboxylic acids is 1. The van der Waals surface area contributed by atoms with E-state index in [1.807, 2.05) is 31.4 Å². The first kappa shape index (κ1) is 18.2. The molecule has 6 nitrogen and oxygen atoms in total. The van der Waals surface area contributed by atoms with Gasteiger partial charge in [-0.05, 0) is 61.5 Å². The van der Waals surface area contributed by atoms with E-state index >= 15 is 0 Å². The molecular weight excluding hydrogens is 382 g/mol. The van der Waals surface area contributed by atoms with Crippen molar-refractivity contribution in [2.45, 2.75) is 26.7 Å². The molecule has 3 heterocycles. The largest absolute Gasteiger partial charge is 0.352 e. The van der Waals surface area contributed by atoms with Crippen molar-refractivity contribution >= 4 is 17.2 Å². The van der Waals surface area contributed by atoms with E-state index in [4.69, 9.17) is 4.98 Å². The number of nitrogens with zero attached hydrogens (tertiary/aromatic N) is 4. The monoisotopic (exact) mass is 405 g/mol. The quantitative estimate of drug-likeness (QED) is 0.653. The average Bonchev–Trinajstić information content (AvgIpc) is 3.51. The van der Waals surface area contributed by atoms with Crippen LogP contribution in [-0.2, 0) is 0 Å². The molecule has 7 heteroatoms. The molecule has 2 aliphatic rings. The van der Waals surface area contributed by atoms with Crippen LogP contribution in [0.4, 0.5) is 0 Å². The number of amides is 1. The second kappa shape index (κ2) is 7.22. The van der Waals surface area contributed by atoms with Gasteiger partial charge in [0.2, 0.25) is 0 Å². The van der Waals surface area contributed by atoms with Crippen LogP contribution < -0.4 is 5.32 Å². The zero-order valence-corrected chi connectivity index (χ0v) is 17.3. The summed E-state index contributed by atoms with van der Waals surface area (Å²) >= 11 is 1.64. The highest BCUT2D eigenvalue weighted by molar-refractivity contribution is 7.13. The molecule has 3 aromatic heterocycles. The molecule has 0 spiro atoms. The number of hydrogen-bond donors (Lipinski definition) is 1. The summed E-state index contributed by atoms with van der Waals surface area (Å²) in [5.74, 6) is 2.29. The zero-order chi connectivity index (χ0) is 20.0. The number of rotatable bonds is 5. The fourth-order valence-corrected chi connectivity index (χ4v) is 5.26. The van der Waals surface area contributed by atoms with Crippen LogP contribution in [0.2, 0.25) is 0 Å². The van der Waals surface area contributed by atoms with E-state index in [2.05, 4.69) is 27.6 Å². The van der Waals surface area contributed by atoms with Crippen molar-refractivity contribution in [2.75, 3.05) is 6.54 Å². The number of hydrogen-bond acceptors (Lipinski definition) is 5. The number of thiophene rings is 1. The molecule has 148 valence electrons. The van der Waals surface area contributed by atoms with Crippen molar-refractivity contribution in [1.29, 1.82) is 0 Å². The lowest BCUT2D eigenvalue weighted by Gasteiger charge is -2.18. The lowest BCUT2D eigenvalue weighted by atomic mass is 9.93. The number of allylic oxidation sites excluding steroid dienone is 2. The summed E-state index contributed by atoms with van der Waals surface area (Å²) < 4.78 is 1.64. The van der Waals surface area contributed by atoms with Gasteiger partial charge in [-0.25, -0.2) is 14.6 Å². The van der Waals surface area contributed by atoms with Crippen LogP contribution in [0.15, 0.2) is 42.1 Å². The predicted molar refractivity (Wildman–Crippen MR) is 113 cm³/mol. The second-order valence-electron chi connectivity index (χ2n) is 7.98. The Kier molecular flexibility index (Phi) is 4.54. The molecule has 0 saturated heterocycles. The third kappa shape index (κ3) is 3.29. The minimum Gasteiger partial charge on any atom is -0.352 e. The van der Waals surface area contributed by atoms with Gasteiger partial charge in [0.15, 0.2) is 0 Å². The van der Waals surface area contributed by atoms with E-state index in [0.717, 1.165) is 28.4 Å². The Morgan fingerprint density at radius 1 is 1.28 bits per heavy atom. The topological polar surface area (TPSA) is 72.7 Å². The molecule has 3 aromatic rings. The van der Waals surface area contributed by atoms with Crippen LogP contribution in [0.1, 0.15) is 34.5 Å². The Morgan fingerprint density at radius 3 is 2.90 bits per heavy atom. The van der Waals surface area contributed by atoms with Crippen molar-refractivity contribution in [2.24, 2.45) is 17.8 Å². The van der Waals surface area contributed by atoms with Gasteiger partial charge in [0.25, 0.3) is 11.9 Å². The van der Waals surface area contributed by atoms with Gasteiger partial charge in [0.05, 0.1) is 28.0 Å². The van der Waals surface area contributed by atoms with Crippen LogP contribution in [0, 0.1) is 31.6 Å². The Bertz CT molecular complexity index is 1080. The fraction of sp³-hybridized carbons (Fsp3) is 0.364. The molecule has 29 heavy (non-hydrogen) atoms. The Hall–Kier alpha value is -2.80. The van der Waals surface area contributed by atoms with Crippen LogP contribution >= 0.6 is 11.3 Å². The van der Waals surface area contributed by atoms with E-state index < -0.39 is 0 Å². The van der Waals surface area contributed by atoms with E-state index in [1.165, 1.54) is 12.8 Å². The van der Waals surface area contributed by atoms with Gasteiger partial charge in [0.1, 0.15) is 0 Å². The van der Waals surface area contributed by atoms with E-state index in [0.29, 0.717) is 29.3 Å². The molecule has 0 radical (unpaired) electrons. The van der Waals surface area contributed by atoms with Gasteiger partial charge < -0.3 is 5.32 Å². The maximum atomic E-state index is 12.8. The summed E-state index contributed by atoms with van der Waals surface area (Å²) in [6.45, 7) is 4.60. The average molecular weight is 406 g/mol. The summed E-state index contributed by atoms with van der Waals surface area (Å²) in [5, 5.41) is 9.54. The van der Waals surface area contributed by atoms with Gasteiger partial charge in [0, 0.05) is 12.7 Å². The standard InChI is InChI=1S/C22H23N5OS/c1-13-10-24-22(26-20(13)19-4-3-7-29-19)27-14(2)18(12-25-27)21(28)23-11-17-9-15-5-6-16(17)8-15/h3-7,10,12,15-17H,8-9,11H2,1-2H3,(H,23,28)/t15-,16+,17-/m1/s1. The number of aromatic nitrogens is 4. The van der Waals surface area contributed by atoms with Crippen molar-refractivity contribution in [3.63, 3.8) is 0 Å². The highest BCUT2D eigenvalue weighted by Gasteiger charge is 2.35. The number of carbonyl (C=O) groups is 1. The predicted octanol–water partition coefficient (Wildman–Crippen LogP) is 3.95. The molecular formula is C22H23N5OS. The number of fused-ring (bicyclic) bond motifs is 2. The van der Waals surface area contributed by atoms with Gasteiger partial charge in [-0.3, -0.25) is 4.79 Å². The Balaban J connectivity index is 1.35. The zero-order valence-electron chi connectivity index (χ0n) is 16.5. The maximum absolute atomic E-state index is 12.8. The lowest BCUT2D eigenvalue weighted by Crippen LogP contribution is -2.31. The number of aryl methyl sites for hydroxylation is 1. The van der Waals surface area contributed by atoms with Gasteiger partial charge in [-0.15, -0.1) is 11.3 Å². The third-order valence-electron chi connectivity index (χ3n) is 6.10. The Labute approximate surface area is 173 Å². The molecule has 3 atom stereocenters. The van der Waals surface area contributed by atoms with Crippen LogP contribution in [0.5, 0.6) is 0 Å². The molecule has 2 bridgehead atoms. The van der Waals surface area contributed by atoms with E-state index in [-0.39, 0.29) is 5.91 Å². The molecule has 5 rings (SSSR count). The maximum Gasteiger partial charge on any atom is 0.254 e. The van der Waals surface area contributed by atoms with Gasteiger partial charge in [-0.2, -0.15) is 5.10 Å². The van der Waals surface area contributed by atoms with Crippen molar-refractivity contribution in [1.82, 2.24) is 25.1 Å². The SMILES string of the molecule is Cc1cnc(-n2ncc(C(=O)NC[C@H]3C[C@@H]4C=C[C@H]3C4)c2C)nc1-c1cccs1. The second-order valence-corrected chi connectivity index (χ2v) is 8.93. The molecule has 2 aliphatic carbocycles. The van der Waals surface area contributed by atoms with Crippen molar-refractivity contribution in [3.8, 4) is 16.5 Å². The van der Waals surface area contributed by atoms with Crippen molar-refractivity contribution < 1.29 is 4.79 Å². The molecule has 1 amide bonds. The summed E-state index contributed by atoms with van der Waals surface area (Å²) in [6, 6.07) is 4.05. The third-order valence-corrected chi connectivity index (χ3v) is 6.98. The van der Waals surface area contributed by atoms with Gasteiger partial charge in [-0.1, -0.05) is 18.2 Å².